The Bertz CT molecular complexity index is 1060. The minimum atomic E-state index is -0.750. The fourth-order valence-electron chi connectivity index (χ4n) is 3.44. The number of hydrogen-bond donors (Lipinski definition) is 2. The van der Waals surface area contributed by atoms with Crippen LogP contribution < -0.4 is 10.1 Å². The number of imidazole rings is 1. The second-order valence-electron chi connectivity index (χ2n) is 7.88. The summed E-state index contributed by atoms with van der Waals surface area (Å²) in [6, 6.07) is 6.92. The van der Waals surface area contributed by atoms with Crippen LogP contribution in [0.4, 0.5) is 8.78 Å². The van der Waals surface area contributed by atoms with Crippen LogP contribution in [-0.4, -0.2) is 32.5 Å². The van der Waals surface area contributed by atoms with E-state index in [1.54, 1.807) is 36.6 Å². The summed E-state index contributed by atoms with van der Waals surface area (Å²) in [5, 5.41) is 12.7. The Hall–Kier alpha value is -3.00. The summed E-state index contributed by atoms with van der Waals surface area (Å²) in [7, 11) is 0. The van der Waals surface area contributed by atoms with Gasteiger partial charge >= 0.3 is 0 Å². The molecule has 166 valence electrons. The average molecular weight is 431 g/mol. The molecule has 1 atom stereocenters. The summed E-state index contributed by atoms with van der Waals surface area (Å²) >= 11 is 0. The largest absolute Gasteiger partial charge is 0.485 e. The molecule has 0 unspecified atom stereocenters. The third-order valence-corrected chi connectivity index (χ3v) is 5.28. The van der Waals surface area contributed by atoms with Crippen LogP contribution in [0, 0.1) is 18.6 Å². The number of carbonyl (C=O) groups excluding carboxylic acids is 1. The molecule has 0 spiro atoms. The Morgan fingerprint density at radius 1 is 1.26 bits per heavy atom. The van der Waals surface area contributed by atoms with Gasteiger partial charge in [0.1, 0.15) is 23.9 Å². The number of pyridine rings is 1. The van der Waals surface area contributed by atoms with Gasteiger partial charge in [0.25, 0.3) is 5.91 Å². The van der Waals surface area contributed by atoms with Gasteiger partial charge in [-0.25, -0.2) is 13.8 Å². The van der Waals surface area contributed by atoms with Crippen molar-refractivity contribution in [2.75, 3.05) is 6.61 Å². The minimum absolute atomic E-state index is 0.180. The van der Waals surface area contributed by atoms with Crippen LogP contribution in [0.15, 0.2) is 36.5 Å². The monoisotopic (exact) mass is 431 g/mol. The lowest BCUT2D eigenvalue weighted by Gasteiger charge is -2.28. The summed E-state index contributed by atoms with van der Waals surface area (Å²) in [5.74, 6) is -1.46. The maximum atomic E-state index is 13.9. The van der Waals surface area contributed by atoms with Gasteiger partial charge in [0.05, 0.1) is 23.4 Å². The van der Waals surface area contributed by atoms with Gasteiger partial charge in [-0.2, -0.15) is 0 Å². The van der Waals surface area contributed by atoms with Gasteiger partial charge in [-0.1, -0.05) is 25.8 Å². The third kappa shape index (κ3) is 4.85. The summed E-state index contributed by atoms with van der Waals surface area (Å²) in [4.78, 5) is 17.5. The van der Waals surface area contributed by atoms with Gasteiger partial charge in [0.2, 0.25) is 0 Å². The Morgan fingerprint density at radius 2 is 1.97 bits per heavy atom. The smallest absolute Gasteiger partial charge is 0.270 e. The number of halogens is 2. The number of aromatic nitrogens is 2. The van der Waals surface area contributed by atoms with Crippen LogP contribution in [0.25, 0.3) is 5.65 Å². The number of aliphatic hydroxyl groups excluding tert-OH is 1. The van der Waals surface area contributed by atoms with Gasteiger partial charge in [0, 0.05) is 6.20 Å². The third-order valence-electron chi connectivity index (χ3n) is 5.28. The molecule has 3 rings (SSSR count). The van der Waals surface area contributed by atoms with E-state index in [2.05, 4.69) is 10.3 Å². The SMILES string of the molecule is CCCC[C@](C)(CO)NC(=O)c1c(C)nc2c(OCc3c(F)cccc3F)cccn12. The first-order chi connectivity index (χ1) is 14.8. The topological polar surface area (TPSA) is 75.9 Å². The highest BCUT2D eigenvalue weighted by Gasteiger charge is 2.28. The Balaban J connectivity index is 1.88. The number of nitrogens with zero attached hydrogens (tertiary/aromatic N) is 2. The molecule has 2 aromatic heterocycles. The zero-order valence-electron chi connectivity index (χ0n) is 17.9. The van der Waals surface area contributed by atoms with Crippen LogP contribution in [0.3, 0.4) is 0 Å². The van der Waals surface area contributed by atoms with Crippen molar-refractivity contribution in [2.45, 2.75) is 52.2 Å². The molecular weight excluding hydrogens is 404 g/mol. The van der Waals surface area contributed by atoms with Gasteiger partial charge in [0.15, 0.2) is 11.4 Å². The quantitative estimate of drug-likeness (QED) is 0.533. The molecule has 0 aliphatic rings. The molecule has 6 nitrogen and oxygen atoms in total. The lowest BCUT2D eigenvalue weighted by atomic mass is 9.95. The highest BCUT2D eigenvalue weighted by Crippen LogP contribution is 2.25. The molecule has 8 heteroatoms. The number of carbonyl (C=O) groups is 1. The van der Waals surface area contributed by atoms with Gasteiger partial charge in [-0.15, -0.1) is 0 Å². The van der Waals surface area contributed by atoms with E-state index >= 15 is 0 Å². The summed E-state index contributed by atoms with van der Waals surface area (Å²) in [6.45, 7) is 5.05. The molecular formula is C23H27F2N3O3. The second kappa shape index (κ2) is 9.43. The van der Waals surface area contributed by atoms with Crippen molar-refractivity contribution in [1.29, 1.82) is 0 Å². The number of nitrogens with one attached hydrogen (secondary N) is 1. The van der Waals surface area contributed by atoms with E-state index in [1.165, 1.54) is 18.2 Å². The van der Waals surface area contributed by atoms with Crippen molar-refractivity contribution in [3.63, 3.8) is 0 Å². The lowest BCUT2D eigenvalue weighted by Crippen LogP contribution is -2.49. The zero-order valence-corrected chi connectivity index (χ0v) is 17.9. The number of ether oxygens (including phenoxy) is 1. The standard InChI is InChI=1S/C23H27F2N3O3/c1-4-5-11-23(3,14-29)27-22(30)20-15(2)26-21-19(10-7-12-28(20)21)31-13-16-17(24)8-6-9-18(16)25/h6-10,12,29H,4-5,11,13-14H2,1-3H3,(H,27,30)/t23-/m1/s1. The highest BCUT2D eigenvalue weighted by atomic mass is 19.1. The second-order valence-corrected chi connectivity index (χ2v) is 7.88. The molecule has 0 radical (unpaired) electrons. The van der Waals surface area contributed by atoms with Crippen LogP contribution in [-0.2, 0) is 6.61 Å². The number of hydrogen-bond acceptors (Lipinski definition) is 4. The number of benzene rings is 1. The summed E-state index contributed by atoms with van der Waals surface area (Å²) < 4.78 is 35.0. The summed E-state index contributed by atoms with van der Waals surface area (Å²) in [6.07, 6.45) is 4.13. The van der Waals surface area contributed by atoms with Gasteiger partial charge < -0.3 is 15.2 Å². The molecule has 2 N–H and O–H groups in total. The average Bonchev–Trinajstić information content (AvgIpc) is 3.08. The van der Waals surface area contributed by atoms with Crippen LogP contribution >= 0.6 is 0 Å². The number of aliphatic hydroxyl groups is 1. The van der Waals surface area contributed by atoms with Crippen molar-refractivity contribution in [3.8, 4) is 5.75 Å². The molecule has 1 amide bonds. The van der Waals surface area contributed by atoms with Crippen molar-refractivity contribution in [2.24, 2.45) is 0 Å². The Morgan fingerprint density at radius 3 is 2.61 bits per heavy atom. The van der Waals surface area contributed by atoms with E-state index in [0.717, 1.165) is 12.8 Å². The molecule has 0 aliphatic carbocycles. The molecule has 3 aromatic rings. The van der Waals surface area contributed by atoms with Crippen molar-refractivity contribution in [1.82, 2.24) is 14.7 Å². The first-order valence-electron chi connectivity index (χ1n) is 10.3. The highest BCUT2D eigenvalue weighted by molar-refractivity contribution is 5.95. The van der Waals surface area contributed by atoms with E-state index in [-0.39, 0.29) is 24.7 Å². The molecule has 0 bridgehead atoms. The number of fused-ring (bicyclic) bond motifs is 1. The van der Waals surface area contributed by atoms with E-state index < -0.39 is 17.2 Å². The number of rotatable bonds is 9. The first-order valence-corrected chi connectivity index (χ1v) is 10.3. The first kappa shape index (κ1) is 22.7. The van der Waals surface area contributed by atoms with Gasteiger partial charge in [-0.3, -0.25) is 9.20 Å². The van der Waals surface area contributed by atoms with Crippen molar-refractivity contribution >= 4 is 11.6 Å². The summed E-state index contributed by atoms with van der Waals surface area (Å²) in [5.41, 5.74) is 0.219. The fourth-order valence-corrected chi connectivity index (χ4v) is 3.44. The molecule has 31 heavy (non-hydrogen) atoms. The molecule has 0 saturated carbocycles. The van der Waals surface area contributed by atoms with Crippen LogP contribution in [0.2, 0.25) is 0 Å². The molecule has 0 saturated heterocycles. The van der Waals surface area contributed by atoms with Crippen LogP contribution in [0.1, 0.15) is 54.9 Å². The molecule has 1 aromatic carbocycles. The maximum Gasteiger partial charge on any atom is 0.270 e. The van der Waals surface area contributed by atoms with E-state index in [9.17, 15) is 18.7 Å². The molecule has 2 heterocycles. The lowest BCUT2D eigenvalue weighted by molar-refractivity contribution is 0.0832. The van der Waals surface area contributed by atoms with Gasteiger partial charge in [-0.05, 0) is 44.5 Å². The van der Waals surface area contributed by atoms with Crippen molar-refractivity contribution in [3.05, 3.63) is 65.1 Å². The Kier molecular flexibility index (Phi) is 6.90. The fraction of sp³-hybridized carbons (Fsp3) is 0.391. The molecule has 0 fully saturated rings. The normalized spacial score (nSPS) is 13.2. The van der Waals surface area contributed by atoms with E-state index in [1.807, 2.05) is 6.92 Å². The maximum absolute atomic E-state index is 13.9. The minimum Gasteiger partial charge on any atom is -0.485 e. The zero-order chi connectivity index (χ0) is 22.6. The number of amides is 1. The number of aryl methyl sites for hydroxylation is 1. The predicted molar refractivity (Wildman–Crippen MR) is 113 cm³/mol. The number of unbranched alkanes of at least 4 members (excludes halogenated alkanes) is 1. The predicted octanol–water partition coefficient (Wildman–Crippen LogP) is 4.17. The van der Waals surface area contributed by atoms with Crippen LogP contribution in [0.5, 0.6) is 5.75 Å². The Labute approximate surface area is 179 Å². The molecule has 0 aliphatic heterocycles. The van der Waals surface area contributed by atoms with E-state index in [0.29, 0.717) is 29.2 Å². The van der Waals surface area contributed by atoms with Crippen molar-refractivity contribution < 1.29 is 23.4 Å². The van der Waals surface area contributed by atoms with E-state index in [4.69, 9.17) is 4.74 Å².